The van der Waals surface area contributed by atoms with Crippen molar-refractivity contribution in [2.24, 2.45) is 5.92 Å². The van der Waals surface area contributed by atoms with Crippen LogP contribution in [-0.4, -0.2) is 9.55 Å². The molecule has 0 fully saturated rings. The monoisotopic (exact) mass is 269 g/mol. The summed E-state index contributed by atoms with van der Waals surface area (Å²) in [5, 5.41) is 9.11. The Hall–Kier alpha value is -1.82. The van der Waals surface area contributed by atoms with Crippen LogP contribution in [0.2, 0.25) is 0 Å². The van der Waals surface area contributed by atoms with E-state index in [0.717, 1.165) is 16.9 Å². The number of nitrogens with zero attached hydrogens (tertiary/aromatic N) is 3. The maximum absolute atomic E-state index is 9.11. The standard InChI is InChI=1S/C17H23N3/c1-11(9-18)10-20-15-8-13(3)12(2)7-14(15)19-16(20)17(4,5)6/h7-8,11H,10H2,1-6H3. The van der Waals surface area contributed by atoms with Gasteiger partial charge >= 0.3 is 0 Å². The molecule has 2 rings (SSSR count). The third-order valence-corrected chi connectivity index (χ3v) is 3.71. The van der Waals surface area contributed by atoms with Crippen LogP contribution in [0.1, 0.15) is 44.6 Å². The highest BCUT2D eigenvalue weighted by atomic mass is 15.1. The van der Waals surface area contributed by atoms with Crippen molar-refractivity contribution < 1.29 is 0 Å². The molecule has 2 aromatic rings. The van der Waals surface area contributed by atoms with Crippen molar-refractivity contribution in [2.45, 2.75) is 53.5 Å². The fraction of sp³-hybridized carbons (Fsp3) is 0.529. The number of aromatic nitrogens is 2. The van der Waals surface area contributed by atoms with E-state index in [0.29, 0.717) is 6.54 Å². The molecular weight excluding hydrogens is 246 g/mol. The smallest absolute Gasteiger partial charge is 0.115 e. The van der Waals surface area contributed by atoms with Gasteiger partial charge in [-0.15, -0.1) is 0 Å². The van der Waals surface area contributed by atoms with E-state index >= 15 is 0 Å². The first-order chi connectivity index (χ1) is 9.24. The molecule has 0 amide bonds. The zero-order chi connectivity index (χ0) is 15.1. The summed E-state index contributed by atoms with van der Waals surface area (Å²) in [6.45, 7) is 13.4. The summed E-state index contributed by atoms with van der Waals surface area (Å²) in [5.74, 6) is 1.04. The lowest BCUT2D eigenvalue weighted by atomic mass is 9.95. The lowest BCUT2D eigenvalue weighted by Crippen LogP contribution is -2.20. The minimum absolute atomic E-state index is 0.0184. The van der Waals surface area contributed by atoms with Crippen molar-refractivity contribution in [3.8, 4) is 6.07 Å². The van der Waals surface area contributed by atoms with Gasteiger partial charge in [0.15, 0.2) is 0 Å². The largest absolute Gasteiger partial charge is 0.326 e. The molecule has 0 saturated carbocycles. The molecule has 106 valence electrons. The van der Waals surface area contributed by atoms with E-state index in [1.807, 2.05) is 6.92 Å². The molecule has 1 aromatic carbocycles. The zero-order valence-corrected chi connectivity index (χ0v) is 13.3. The lowest BCUT2D eigenvalue weighted by molar-refractivity contribution is 0.479. The number of benzene rings is 1. The van der Waals surface area contributed by atoms with Gasteiger partial charge in [-0.3, -0.25) is 0 Å². The molecule has 0 N–H and O–H groups in total. The van der Waals surface area contributed by atoms with Crippen molar-refractivity contribution in [2.75, 3.05) is 0 Å². The summed E-state index contributed by atoms with van der Waals surface area (Å²) in [6.07, 6.45) is 0. The molecular formula is C17H23N3. The molecule has 0 bridgehead atoms. The number of hydrogen-bond acceptors (Lipinski definition) is 2. The molecule has 1 heterocycles. The van der Waals surface area contributed by atoms with Gasteiger partial charge in [0.2, 0.25) is 0 Å². The van der Waals surface area contributed by atoms with E-state index in [-0.39, 0.29) is 11.3 Å². The van der Waals surface area contributed by atoms with Crippen molar-refractivity contribution in [1.29, 1.82) is 5.26 Å². The molecule has 0 spiro atoms. The Balaban J connectivity index is 2.72. The first-order valence-electron chi connectivity index (χ1n) is 7.11. The van der Waals surface area contributed by atoms with Gasteiger partial charge in [0.05, 0.1) is 23.0 Å². The van der Waals surface area contributed by atoms with E-state index in [9.17, 15) is 0 Å². The minimum Gasteiger partial charge on any atom is -0.326 e. The Labute approximate surface area is 121 Å². The fourth-order valence-corrected chi connectivity index (χ4v) is 2.45. The van der Waals surface area contributed by atoms with Gasteiger partial charge < -0.3 is 4.57 Å². The van der Waals surface area contributed by atoms with Crippen LogP contribution in [-0.2, 0) is 12.0 Å². The molecule has 1 atom stereocenters. The highest BCUT2D eigenvalue weighted by Gasteiger charge is 2.24. The average molecular weight is 269 g/mol. The second kappa shape index (κ2) is 4.94. The van der Waals surface area contributed by atoms with Crippen molar-refractivity contribution in [3.05, 3.63) is 29.1 Å². The Bertz CT molecular complexity index is 681. The van der Waals surface area contributed by atoms with Crippen LogP contribution in [0.15, 0.2) is 12.1 Å². The Morgan fingerprint density at radius 3 is 2.40 bits per heavy atom. The van der Waals surface area contributed by atoms with Gasteiger partial charge in [0.1, 0.15) is 5.82 Å². The molecule has 0 aliphatic heterocycles. The maximum Gasteiger partial charge on any atom is 0.115 e. The third-order valence-electron chi connectivity index (χ3n) is 3.71. The van der Waals surface area contributed by atoms with Crippen LogP contribution in [0.4, 0.5) is 0 Å². The SMILES string of the molecule is Cc1cc2nc(C(C)(C)C)n(CC(C)C#N)c2cc1C. The summed E-state index contributed by atoms with van der Waals surface area (Å²) in [5.41, 5.74) is 4.67. The summed E-state index contributed by atoms with van der Waals surface area (Å²) >= 11 is 0. The van der Waals surface area contributed by atoms with Gasteiger partial charge in [-0.25, -0.2) is 4.98 Å². The Morgan fingerprint density at radius 2 is 1.85 bits per heavy atom. The molecule has 0 aliphatic rings. The molecule has 0 aliphatic carbocycles. The van der Waals surface area contributed by atoms with E-state index in [1.54, 1.807) is 0 Å². The number of rotatable bonds is 2. The van der Waals surface area contributed by atoms with Gasteiger partial charge in [-0.1, -0.05) is 20.8 Å². The molecule has 1 aromatic heterocycles. The first kappa shape index (κ1) is 14.6. The summed E-state index contributed by atoms with van der Waals surface area (Å²) in [4.78, 5) is 4.83. The highest BCUT2D eigenvalue weighted by Crippen LogP contribution is 2.28. The Morgan fingerprint density at radius 1 is 1.25 bits per heavy atom. The second-order valence-electron chi connectivity index (χ2n) is 6.75. The number of aryl methyl sites for hydroxylation is 2. The average Bonchev–Trinajstić information content (AvgIpc) is 2.68. The fourth-order valence-electron chi connectivity index (χ4n) is 2.45. The van der Waals surface area contributed by atoms with Crippen molar-refractivity contribution in [3.63, 3.8) is 0 Å². The van der Waals surface area contributed by atoms with Gasteiger partial charge in [-0.2, -0.15) is 5.26 Å². The van der Waals surface area contributed by atoms with Gasteiger partial charge in [0, 0.05) is 12.0 Å². The van der Waals surface area contributed by atoms with Crippen molar-refractivity contribution in [1.82, 2.24) is 9.55 Å². The zero-order valence-electron chi connectivity index (χ0n) is 13.3. The second-order valence-corrected chi connectivity index (χ2v) is 6.75. The molecule has 3 nitrogen and oxygen atoms in total. The maximum atomic E-state index is 9.11. The molecule has 3 heteroatoms. The minimum atomic E-state index is -0.0317. The quantitative estimate of drug-likeness (QED) is 0.823. The predicted octanol–water partition coefficient (Wildman–Crippen LogP) is 4.11. The number of imidazole rings is 1. The van der Waals surface area contributed by atoms with Crippen LogP contribution in [0.5, 0.6) is 0 Å². The number of fused-ring (bicyclic) bond motifs is 1. The van der Waals surface area contributed by atoms with Gasteiger partial charge in [0.25, 0.3) is 0 Å². The first-order valence-corrected chi connectivity index (χ1v) is 7.11. The van der Waals surface area contributed by atoms with Crippen LogP contribution >= 0.6 is 0 Å². The summed E-state index contributed by atoms with van der Waals surface area (Å²) in [6, 6.07) is 6.66. The third kappa shape index (κ3) is 2.56. The highest BCUT2D eigenvalue weighted by molar-refractivity contribution is 5.78. The van der Waals surface area contributed by atoms with Crippen LogP contribution in [0, 0.1) is 31.1 Å². The van der Waals surface area contributed by atoms with E-state index in [4.69, 9.17) is 10.2 Å². The number of hydrogen-bond donors (Lipinski definition) is 0. The van der Waals surface area contributed by atoms with Crippen LogP contribution in [0.25, 0.3) is 11.0 Å². The number of nitriles is 1. The van der Waals surface area contributed by atoms with Gasteiger partial charge in [-0.05, 0) is 44.0 Å². The van der Waals surface area contributed by atoms with Crippen molar-refractivity contribution >= 4 is 11.0 Å². The van der Waals surface area contributed by atoms with E-state index < -0.39 is 0 Å². The molecule has 0 radical (unpaired) electrons. The molecule has 1 unspecified atom stereocenters. The summed E-state index contributed by atoms with van der Waals surface area (Å²) in [7, 11) is 0. The molecule has 20 heavy (non-hydrogen) atoms. The van der Waals surface area contributed by atoms with E-state index in [1.165, 1.54) is 11.1 Å². The van der Waals surface area contributed by atoms with E-state index in [2.05, 4.69) is 57.4 Å². The Kier molecular flexibility index (Phi) is 3.60. The predicted molar refractivity (Wildman–Crippen MR) is 82.7 cm³/mol. The summed E-state index contributed by atoms with van der Waals surface area (Å²) < 4.78 is 2.22. The van der Waals surface area contributed by atoms with Crippen LogP contribution in [0.3, 0.4) is 0 Å². The normalized spacial score (nSPS) is 13.4. The van der Waals surface area contributed by atoms with Crippen LogP contribution < -0.4 is 0 Å². The topological polar surface area (TPSA) is 41.6 Å². The lowest BCUT2D eigenvalue weighted by Gasteiger charge is -2.20. The molecule has 0 saturated heterocycles.